The first-order chi connectivity index (χ1) is 14.5. The van der Waals surface area contributed by atoms with Crippen LogP contribution >= 0.6 is 0 Å². The number of methoxy groups -OCH3 is 1. The summed E-state index contributed by atoms with van der Waals surface area (Å²) in [4.78, 5) is 17.8. The zero-order valence-corrected chi connectivity index (χ0v) is 16.6. The van der Waals surface area contributed by atoms with Crippen LogP contribution < -0.4 is 10.4 Å². The van der Waals surface area contributed by atoms with Gasteiger partial charge in [-0.05, 0) is 49.4 Å². The van der Waals surface area contributed by atoms with Crippen LogP contribution in [0.15, 0.2) is 35.3 Å². The second-order valence-corrected chi connectivity index (χ2v) is 7.53. The molecule has 0 aliphatic heterocycles. The lowest BCUT2D eigenvalue weighted by atomic mass is 9.93. The monoisotopic (exact) mass is 403 g/mol. The molecule has 0 amide bonds. The molecule has 2 aromatic heterocycles. The lowest BCUT2D eigenvalue weighted by molar-refractivity contribution is 0.110. The van der Waals surface area contributed by atoms with Crippen LogP contribution in [0.1, 0.15) is 48.4 Å². The van der Waals surface area contributed by atoms with Crippen LogP contribution in [0, 0.1) is 22.7 Å². The Morgan fingerprint density at radius 3 is 2.63 bits per heavy atom. The molecule has 0 unspecified atom stereocenters. The van der Waals surface area contributed by atoms with E-state index in [1.807, 2.05) is 6.07 Å². The quantitative estimate of drug-likeness (QED) is 0.715. The van der Waals surface area contributed by atoms with Crippen molar-refractivity contribution in [2.45, 2.75) is 44.4 Å². The maximum absolute atomic E-state index is 13.4. The summed E-state index contributed by atoms with van der Waals surface area (Å²) < 4.78 is 8.48. The minimum Gasteiger partial charge on any atom is -0.495 e. The number of nitriles is 2. The topological polar surface area (TPSA) is 117 Å². The smallest absolute Gasteiger partial charge is 0.330 e. The van der Waals surface area contributed by atoms with Crippen LogP contribution in [0.25, 0.3) is 11.2 Å². The standard InChI is InChI=1S/C22H21N5O3/c1-30-20-7-2-14(8-16(20)11-24)13-26-19-9-15(10-23)12-25-21(19)27(22(26)29)17-3-5-18(28)6-4-17/h2,7-9,12,17-18,28H,3-6,13H2,1H3/t17-,18-. The van der Waals surface area contributed by atoms with E-state index in [1.54, 1.807) is 27.3 Å². The third-order valence-corrected chi connectivity index (χ3v) is 5.69. The number of benzene rings is 1. The predicted octanol–water partition coefficient (Wildman–Crippen LogP) is 2.47. The van der Waals surface area contributed by atoms with Crippen molar-refractivity contribution in [3.8, 4) is 17.9 Å². The van der Waals surface area contributed by atoms with Crippen molar-refractivity contribution in [1.29, 1.82) is 10.5 Å². The van der Waals surface area contributed by atoms with Crippen molar-refractivity contribution in [1.82, 2.24) is 14.1 Å². The van der Waals surface area contributed by atoms with Gasteiger partial charge < -0.3 is 9.84 Å². The number of ether oxygens (including phenoxy) is 1. The predicted molar refractivity (Wildman–Crippen MR) is 109 cm³/mol. The SMILES string of the molecule is COc1ccc(Cn2c(=O)n([C@H]3CC[C@H](O)CC3)c3ncc(C#N)cc32)cc1C#N. The van der Waals surface area contributed by atoms with Gasteiger partial charge in [-0.15, -0.1) is 0 Å². The van der Waals surface area contributed by atoms with E-state index in [2.05, 4.69) is 17.1 Å². The Labute approximate surface area is 173 Å². The zero-order chi connectivity index (χ0) is 21.3. The number of nitrogens with zero attached hydrogens (tertiary/aromatic N) is 5. The molecule has 0 saturated heterocycles. The fourth-order valence-corrected chi connectivity index (χ4v) is 4.14. The van der Waals surface area contributed by atoms with Gasteiger partial charge >= 0.3 is 5.69 Å². The lowest BCUT2D eigenvalue weighted by Gasteiger charge is -2.26. The van der Waals surface area contributed by atoms with Crippen LogP contribution in [0.5, 0.6) is 5.75 Å². The van der Waals surface area contributed by atoms with Crippen molar-refractivity contribution in [2.24, 2.45) is 0 Å². The highest BCUT2D eigenvalue weighted by molar-refractivity contribution is 5.73. The highest BCUT2D eigenvalue weighted by Gasteiger charge is 2.26. The Morgan fingerprint density at radius 2 is 1.97 bits per heavy atom. The number of aliphatic hydroxyl groups excluding tert-OH is 1. The molecule has 0 atom stereocenters. The molecule has 152 valence electrons. The van der Waals surface area contributed by atoms with E-state index in [4.69, 9.17) is 4.74 Å². The average molecular weight is 403 g/mol. The first-order valence-corrected chi connectivity index (χ1v) is 9.81. The van der Waals surface area contributed by atoms with E-state index in [0.717, 1.165) is 5.56 Å². The van der Waals surface area contributed by atoms with Crippen molar-refractivity contribution in [3.63, 3.8) is 0 Å². The maximum Gasteiger partial charge on any atom is 0.330 e. The molecule has 1 saturated carbocycles. The first kappa shape index (κ1) is 19.7. The number of pyridine rings is 1. The summed E-state index contributed by atoms with van der Waals surface area (Å²) >= 11 is 0. The minimum atomic E-state index is -0.327. The van der Waals surface area contributed by atoms with Gasteiger partial charge in [0.1, 0.15) is 17.9 Å². The Balaban J connectivity index is 1.83. The summed E-state index contributed by atoms with van der Waals surface area (Å²) in [6.07, 6.45) is 3.83. The maximum atomic E-state index is 13.4. The number of rotatable bonds is 4. The first-order valence-electron chi connectivity index (χ1n) is 9.81. The molecule has 8 heteroatoms. The highest BCUT2D eigenvalue weighted by Crippen LogP contribution is 2.30. The molecule has 2 heterocycles. The van der Waals surface area contributed by atoms with Crippen LogP contribution in [0.4, 0.5) is 0 Å². The number of aromatic nitrogens is 3. The van der Waals surface area contributed by atoms with Gasteiger partial charge in [0.25, 0.3) is 0 Å². The molecule has 0 spiro atoms. The molecular formula is C22H21N5O3. The van der Waals surface area contributed by atoms with E-state index in [1.165, 1.54) is 13.3 Å². The van der Waals surface area contributed by atoms with Crippen LogP contribution in [-0.4, -0.2) is 32.4 Å². The number of hydrogen-bond donors (Lipinski definition) is 1. The fourth-order valence-electron chi connectivity index (χ4n) is 4.14. The van der Waals surface area contributed by atoms with Gasteiger partial charge in [0.15, 0.2) is 5.65 Å². The third kappa shape index (κ3) is 3.42. The van der Waals surface area contributed by atoms with E-state index in [9.17, 15) is 20.4 Å². The number of fused-ring (bicyclic) bond motifs is 1. The Bertz CT molecular complexity index is 1240. The number of aliphatic hydroxyl groups is 1. The summed E-state index contributed by atoms with van der Waals surface area (Å²) in [7, 11) is 1.50. The molecular weight excluding hydrogens is 382 g/mol. The van der Waals surface area contributed by atoms with E-state index in [-0.39, 0.29) is 24.4 Å². The third-order valence-electron chi connectivity index (χ3n) is 5.69. The van der Waals surface area contributed by atoms with Crippen LogP contribution in [-0.2, 0) is 6.54 Å². The molecule has 1 N–H and O–H groups in total. The van der Waals surface area contributed by atoms with Crippen LogP contribution in [0.2, 0.25) is 0 Å². The molecule has 0 bridgehead atoms. The molecule has 3 aromatic rings. The number of imidazole rings is 1. The summed E-state index contributed by atoms with van der Waals surface area (Å²) in [6, 6.07) is 11.0. The van der Waals surface area contributed by atoms with Crippen LogP contribution in [0.3, 0.4) is 0 Å². The van der Waals surface area contributed by atoms with Gasteiger partial charge in [-0.2, -0.15) is 10.5 Å². The Morgan fingerprint density at radius 1 is 1.20 bits per heavy atom. The van der Waals surface area contributed by atoms with Gasteiger partial charge in [-0.3, -0.25) is 9.13 Å². The van der Waals surface area contributed by atoms with Crippen molar-refractivity contribution in [2.75, 3.05) is 7.11 Å². The Hall–Kier alpha value is -3.62. The molecule has 1 aliphatic carbocycles. The van der Waals surface area contributed by atoms with Crippen molar-refractivity contribution < 1.29 is 9.84 Å². The zero-order valence-electron chi connectivity index (χ0n) is 16.6. The number of hydrogen-bond acceptors (Lipinski definition) is 6. The normalized spacial score (nSPS) is 18.7. The molecule has 8 nitrogen and oxygen atoms in total. The molecule has 4 rings (SSSR count). The second-order valence-electron chi connectivity index (χ2n) is 7.53. The van der Waals surface area contributed by atoms with Gasteiger partial charge in [0, 0.05) is 12.2 Å². The second kappa shape index (κ2) is 8.02. The lowest BCUT2D eigenvalue weighted by Crippen LogP contribution is -2.31. The summed E-state index contributed by atoms with van der Waals surface area (Å²) in [5.74, 6) is 0.477. The highest BCUT2D eigenvalue weighted by atomic mass is 16.5. The summed E-state index contributed by atoms with van der Waals surface area (Å²) in [5, 5.41) is 28.5. The Kier molecular flexibility index (Phi) is 5.26. The molecule has 0 radical (unpaired) electrons. The van der Waals surface area contributed by atoms with Gasteiger partial charge in [0.05, 0.1) is 36.4 Å². The average Bonchev–Trinajstić information content (AvgIpc) is 3.04. The molecule has 1 fully saturated rings. The molecule has 1 aromatic carbocycles. The molecule has 1 aliphatic rings. The molecule has 30 heavy (non-hydrogen) atoms. The summed E-state index contributed by atoms with van der Waals surface area (Å²) in [5.41, 5.74) is 2.45. The van der Waals surface area contributed by atoms with E-state index in [0.29, 0.717) is 53.7 Å². The van der Waals surface area contributed by atoms with Gasteiger partial charge in [-0.1, -0.05) is 6.07 Å². The summed E-state index contributed by atoms with van der Waals surface area (Å²) in [6.45, 7) is 0.243. The van der Waals surface area contributed by atoms with E-state index < -0.39 is 0 Å². The van der Waals surface area contributed by atoms with Gasteiger partial charge in [-0.25, -0.2) is 9.78 Å². The van der Waals surface area contributed by atoms with E-state index >= 15 is 0 Å². The van der Waals surface area contributed by atoms with Crippen molar-refractivity contribution in [3.05, 3.63) is 57.6 Å². The van der Waals surface area contributed by atoms with Gasteiger partial charge in [0.2, 0.25) is 0 Å². The fraction of sp³-hybridized carbons (Fsp3) is 0.364. The minimum absolute atomic E-state index is 0.0457. The largest absolute Gasteiger partial charge is 0.495 e. The van der Waals surface area contributed by atoms with Crippen molar-refractivity contribution >= 4 is 11.2 Å².